The lowest BCUT2D eigenvalue weighted by molar-refractivity contribution is -0.150. The van der Waals surface area contributed by atoms with Crippen LogP contribution in [0.5, 0.6) is 0 Å². The monoisotopic (exact) mass is 316 g/mol. The van der Waals surface area contributed by atoms with Crippen LogP contribution >= 0.6 is 11.8 Å². The van der Waals surface area contributed by atoms with E-state index in [2.05, 4.69) is 15.5 Å². The number of esters is 1. The summed E-state index contributed by atoms with van der Waals surface area (Å²) in [6, 6.07) is 0. The summed E-state index contributed by atoms with van der Waals surface area (Å²) in [6.45, 7) is 4.05. The fourth-order valence-electron chi connectivity index (χ4n) is 1.83. The summed E-state index contributed by atoms with van der Waals surface area (Å²) in [5, 5.41) is 10.1. The molecule has 0 fully saturated rings. The highest BCUT2D eigenvalue weighted by atomic mass is 32.2. The number of aromatic nitrogens is 3. The Labute approximate surface area is 128 Å². The van der Waals surface area contributed by atoms with Crippen molar-refractivity contribution in [1.29, 1.82) is 0 Å². The molecule has 1 unspecified atom stereocenters. The highest BCUT2D eigenvalue weighted by Crippen LogP contribution is 2.19. The number of rotatable bonds is 9. The maximum absolute atomic E-state index is 11.9. The first-order valence-corrected chi connectivity index (χ1v) is 8.03. The summed E-state index contributed by atoms with van der Waals surface area (Å²) >= 11 is 1.53. The van der Waals surface area contributed by atoms with Crippen LogP contribution in [0.2, 0.25) is 0 Å². The Hall–Kier alpha value is -1.28. The quantitative estimate of drug-likeness (QED) is 0.400. The van der Waals surface area contributed by atoms with Gasteiger partial charge in [-0.15, -0.1) is 5.10 Å². The Morgan fingerprint density at radius 2 is 2.24 bits per heavy atom. The van der Waals surface area contributed by atoms with Crippen LogP contribution in [0.15, 0.2) is 9.95 Å². The van der Waals surface area contributed by atoms with E-state index in [1.165, 1.54) is 16.3 Å². The third-order valence-corrected chi connectivity index (χ3v) is 4.53. The summed E-state index contributed by atoms with van der Waals surface area (Å²) in [4.78, 5) is 23.1. The molecule has 0 amide bonds. The molecule has 0 saturated heterocycles. The molecule has 0 aliphatic carbocycles. The van der Waals surface area contributed by atoms with E-state index in [1.54, 1.807) is 21.0 Å². The second-order valence-electron chi connectivity index (χ2n) is 4.98. The van der Waals surface area contributed by atoms with Crippen molar-refractivity contribution >= 4 is 17.7 Å². The van der Waals surface area contributed by atoms with E-state index in [1.807, 2.05) is 6.92 Å². The topological polar surface area (TPSA) is 89.0 Å². The number of nitrogens with zero attached hydrogens (tertiary/aromatic N) is 2. The number of hydrogen-bond donors (Lipinski definition) is 2. The minimum Gasteiger partial charge on any atom is -0.465 e. The number of thioether (sulfide) groups is 1. The zero-order valence-electron chi connectivity index (χ0n) is 13.1. The van der Waals surface area contributed by atoms with Crippen molar-refractivity contribution in [2.45, 2.75) is 43.8 Å². The van der Waals surface area contributed by atoms with Gasteiger partial charge in [-0.25, -0.2) is 9.89 Å². The van der Waals surface area contributed by atoms with Gasteiger partial charge in [-0.1, -0.05) is 18.2 Å². The molecule has 0 spiro atoms. The molecule has 0 aliphatic heterocycles. The fourth-order valence-corrected chi connectivity index (χ4v) is 2.74. The predicted octanol–water partition coefficient (Wildman–Crippen LogP) is 0.912. The number of ether oxygens (including phenoxy) is 1. The van der Waals surface area contributed by atoms with Crippen LogP contribution < -0.4 is 11.0 Å². The lowest BCUT2D eigenvalue weighted by Crippen LogP contribution is -2.48. The number of unbranched alkanes of at least 4 members (excludes halogenated alkanes) is 1. The molecule has 0 aliphatic rings. The minimum absolute atomic E-state index is 0.206. The molecule has 0 radical (unpaired) electrons. The van der Waals surface area contributed by atoms with Gasteiger partial charge in [0.25, 0.3) is 0 Å². The molecular formula is C13H24N4O3S. The Balaban J connectivity index is 2.34. The standard InChI is InChI=1S/C13H24N4O3S/c1-5-20-10(18)13(2,14-3)8-6-7-9-21-12-16-15-11(19)17(12)4/h14H,5-9H2,1-4H3,(H,15,19). The van der Waals surface area contributed by atoms with Crippen LogP contribution in [-0.2, 0) is 16.6 Å². The Morgan fingerprint density at radius 1 is 1.52 bits per heavy atom. The van der Waals surface area contributed by atoms with Crippen LogP contribution in [0.4, 0.5) is 0 Å². The van der Waals surface area contributed by atoms with Crippen LogP contribution in [0.3, 0.4) is 0 Å². The number of likely N-dealkylation sites (N-methyl/N-ethyl adjacent to an activating group) is 1. The van der Waals surface area contributed by atoms with E-state index in [9.17, 15) is 9.59 Å². The molecule has 8 heteroatoms. The van der Waals surface area contributed by atoms with E-state index >= 15 is 0 Å². The largest absolute Gasteiger partial charge is 0.465 e. The lowest BCUT2D eigenvalue weighted by Gasteiger charge is -2.26. The average Bonchev–Trinajstić information content (AvgIpc) is 2.78. The summed E-state index contributed by atoms with van der Waals surface area (Å²) in [7, 11) is 3.46. The summed E-state index contributed by atoms with van der Waals surface area (Å²) in [5.74, 6) is 0.635. The van der Waals surface area contributed by atoms with Crippen LogP contribution in [0.1, 0.15) is 33.1 Å². The smallest absolute Gasteiger partial charge is 0.343 e. The van der Waals surface area contributed by atoms with Gasteiger partial charge in [-0.3, -0.25) is 9.36 Å². The van der Waals surface area contributed by atoms with Crippen molar-refractivity contribution < 1.29 is 9.53 Å². The van der Waals surface area contributed by atoms with Crippen molar-refractivity contribution in [1.82, 2.24) is 20.1 Å². The minimum atomic E-state index is -0.639. The number of nitrogens with one attached hydrogen (secondary N) is 2. The second kappa shape index (κ2) is 8.23. The van der Waals surface area contributed by atoms with Gasteiger partial charge >= 0.3 is 11.7 Å². The van der Waals surface area contributed by atoms with Gasteiger partial charge in [-0.05, 0) is 33.7 Å². The molecule has 0 bridgehead atoms. The molecule has 1 atom stereocenters. The molecule has 7 nitrogen and oxygen atoms in total. The predicted molar refractivity (Wildman–Crippen MR) is 82.5 cm³/mol. The number of carbonyl (C=O) groups excluding carboxylic acids is 1. The third kappa shape index (κ3) is 4.89. The Bertz CT molecular complexity index is 514. The van der Waals surface area contributed by atoms with Gasteiger partial charge in [0.2, 0.25) is 0 Å². The lowest BCUT2D eigenvalue weighted by atomic mass is 9.95. The molecule has 0 aromatic carbocycles. The molecule has 1 rings (SSSR count). The maximum atomic E-state index is 11.9. The zero-order valence-corrected chi connectivity index (χ0v) is 13.9. The molecule has 120 valence electrons. The number of carbonyl (C=O) groups is 1. The van der Waals surface area contributed by atoms with Crippen LogP contribution in [0.25, 0.3) is 0 Å². The summed E-state index contributed by atoms with van der Waals surface area (Å²) in [5.41, 5.74) is -0.845. The van der Waals surface area contributed by atoms with Crippen molar-refractivity contribution in [3.63, 3.8) is 0 Å². The van der Waals surface area contributed by atoms with Crippen molar-refractivity contribution in [2.24, 2.45) is 7.05 Å². The van der Waals surface area contributed by atoms with Crippen molar-refractivity contribution in [2.75, 3.05) is 19.4 Å². The van der Waals surface area contributed by atoms with Gasteiger partial charge in [-0.2, -0.15) is 0 Å². The van der Waals surface area contributed by atoms with Crippen molar-refractivity contribution in [3.8, 4) is 0 Å². The van der Waals surface area contributed by atoms with E-state index in [0.29, 0.717) is 18.2 Å². The van der Waals surface area contributed by atoms with Crippen LogP contribution in [-0.4, -0.2) is 45.7 Å². The molecule has 1 heterocycles. The highest BCUT2D eigenvalue weighted by Gasteiger charge is 2.32. The molecule has 1 aromatic rings. The van der Waals surface area contributed by atoms with Gasteiger partial charge < -0.3 is 10.1 Å². The van der Waals surface area contributed by atoms with Crippen LogP contribution in [0, 0.1) is 0 Å². The van der Waals surface area contributed by atoms with E-state index < -0.39 is 5.54 Å². The second-order valence-corrected chi connectivity index (χ2v) is 6.04. The third-order valence-electron chi connectivity index (χ3n) is 3.42. The highest BCUT2D eigenvalue weighted by molar-refractivity contribution is 7.99. The summed E-state index contributed by atoms with van der Waals surface area (Å²) < 4.78 is 6.57. The van der Waals surface area contributed by atoms with E-state index in [4.69, 9.17) is 4.74 Å². The van der Waals surface area contributed by atoms with Gasteiger partial charge in [0.15, 0.2) is 5.16 Å². The zero-order chi connectivity index (χ0) is 15.9. The number of H-pyrrole nitrogens is 1. The van der Waals surface area contributed by atoms with E-state index in [-0.39, 0.29) is 11.7 Å². The first-order valence-electron chi connectivity index (χ1n) is 7.05. The Morgan fingerprint density at radius 3 is 2.76 bits per heavy atom. The normalized spacial score (nSPS) is 13.9. The van der Waals surface area contributed by atoms with Crippen molar-refractivity contribution in [3.05, 3.63) is 10.5 Å². The number of hydrogen-bond acceptors (Lipinski definition) is 6. The van der Waals surface area contributed by atoms with Gasteiger partial charge in [0.1, 0.15) is 5.54 Å². The molecule has 0 saturated carbocycles. The van der Waals surface area contributed by atoms with Gasteiger partial charge in [0.05, 0.1) is 6.61 Å². The molecular weight excluding hydrogens is 292 g/mol. The summed E-state index contributed by atoms with van der Waals surface area (Å²) in [6.07, 6.45) is 2.53. The van der Waals surface area contributed by atoms with Gasteiger partial charge in [0, 0.05) is 12.8 Å². The number of aromatic amines is 1. The molecule has 21 heavy (non-hydrogen) atoms. The maximum Gasteiger partial charge on any atom is 0.343 e. The Kier molecular flexibility index (Phi) is 6.97. The van der Waals surface area contributed by atoms with E-state index in [0.717, 1.165) is 18.6 Å². The average molecular weight is 316 g/mol. The fraction of sp³-hybridized carbons (Fsp3) is 0.769. The molecule has 2 N–H and O–H groups in total. The first kappa shape index (κ1) is 17.8. The first-order chi connectivity index (χ1) is 9.94. The SMILES string of the molecule is CCOC(=O)C(C)(CCCCSc1n[nH]c(=O)n1C)NC. The molecule has 1 aromatic heterocycles.